The van der Waals surface area contributed by atoms with Crippen LogP contribution < -0.4 is 29.1 Å². The highest BCUT2D eigenvalue weighted by atomic mass is 16.5. The number of ether oxygens (including phenoxy) is 2. The molecule has 6 nitrogen and oxygen atoms in total. The van der Waals surface area contributed by atoms with Crippen molar-refractivity contribution in [1.29, 1.82) is 0 Å². The van der Waals surface area contributed by atoms with Gasteiger partial charge in [0.2, 0.25) is 0 Å². The van der Waals surface area contributed by atoms with Gasteiger partial charge in [-0.15, -0.1) is 0 Å². The summed E-state index contributed by atoms with van der Waals surface area (Å²) in [5, 5.41) is 0. The molecule has 61 heavy (non-hydrogen) atoms. The van der Waals surface area contributed by atoms with E-state index in [-0.39, 0.29) is 0 Å². The van der Waals surface area contributed by atoms with Crippen molar-refractivity contribution in [2.24, 2.45) is 0 Å². The highest BCUT2D eigenvalue weighted by Crippen LogP contribution is 2.57. The lowest BCUT2D eigenvalue weighted by Crippen LogP contribution is -2.23. The first kappa shape index (κ1) is 35.9. The molecule has 0 amide bonds. The van der Waals surface area contributed by atoms with E-state index in [9.17, 15) is 0 Å². The van der Waals surface area contributed by atoms with Gasteiger partial charge in [0.1, 0.15) is 23.0 Å². The molecule has 0 bridgehead atoms. The average molecular weight is 789 g/mol. The van der Waals surface area contributed by atoms with E-state index >= 15 is 0 Å². The van der Waals surface area contributed by atoms with E-state index in [1.165, 1.54) is 0 Å². The number of rotatable bonds is 8. The van der Waals surface area contributed by atoms with Crippen LogP contribution in [0.1, 0.15) is 5.56 Å². The molecule has 2 aliphatic rings. The average Bonchev–Trinajstić information content (AvgIpc) is 3.32. The van der Waals surface area contributed by atoms with Crippen LogP contribution >= 0.6 is 0 Å². The van der Waals surface area contributed by atoms with Gasteiger partial charge in [-0.25, -0.2) is 0 Å². The lowest BCUT2D eigenvalue weighted by molar-refractivity contribution is 0.454. The van der Waals surface area contributed by atoms with E-state index in [2.05, 4.69) is 233 Å². The molecule has 6 heteroatoms. The zero-order valence-electron chi connectivity index (χ0n) is 33.5. The molecular formula is C55H40N4O2. The van der Waals surface area contributed by atoms with Crippen LogP contribution in [0.4, 0.5) is 68.2 Å². The van der Waals surface area contributed by atoms with Crippen molar-refractivity contribution < 1.29 is 9.47 Å². The Labute approximate surface area is 356 Å². The number of fused-ring (bicyclic) bond motifs is 4. The first-order valence-corrected chi connectivity index (χ1v) is 20.5. The molecular weight excluding hydrogens is 749 g/mol. The molecule has 0 radical (unpaired) electrons. The summed E-state index contributed by atoms with van der Waals surface area (Å²) in [4.78, 5) is 9.27. The minimum absolute atomic E-state index is 0.716. The smallest absolute Gasteiger partial charge is 0.134 e. The minimum atomic E-state index is 0.716. The molecule has 0 atom stereocenters. The third-order valence-electron chi connectivity index (χ3n) is 11.3. The molecule has 0 spiro atoms. The summed E-state index contributed by atoms with van der Waals surface area (Å²) in [6, 6.07) is 77.8. The third kappa shape index (κ3) is 6.38. The molecule has 0 unspecified atom stereocenters. The lowest BCUT2D eigenvalue weighted by atomic mass is 10.0. The van der Waals surface area contributed by atoms with Gasteiger partial charge in [-0.1, -0.05) is 103 Å². The predicted molar refractivity (Wildman–Crippen MR) is 250 cm³/mol. The summed E-state index contributed by atoms with van der Waals surface area (Å²) >= 11 is 0. The highest BCUT2D eigenvalue weighted by Gasteiger charge is 2.32. The van der Waals surface area contributed by atoms with Gasteiger partial charge in [-0.3, -0.25) is 0 Å². The maximum Gasteiger partial charge on any atom is 0.134 e. The summed E-state index contributed by atoms with van der Waals surface area (Å²) in [6.07, 6.45) is 0. The van der Waals surface area contributed by atoms with E-state index in [0.717, 1.165) is 85.3 Å². The molecule has 292 valence electrons. The summed E-state index contributed by atoms with van der Waals surface area (Å²) in [5.74, 6) is 2.87. The zero-order valence-corrected chi connectivity index (χ0v) is 33.5. The molecule has 0 aromatic heterocycles. The molecule has 9 aromatic rings. The van der Waals surface area contributed by atoms with Crippen LogP contribution in [0.5, 0.6) is 23.0 Å². The molecule has 0 saturated heterocycles. The Kier molecular flexibility index (Phi) is 8.94. The fraction of sp³-hybridized carbons (Fsp3) is 0.0182. The quantitative estimate of drug-likeness (QED) is 0.152. The van der Waals surface area contributed by atoms with Gasteiger partial charge in [0.15, 0.2) is 0 Å². The Bertz CT molecular complexity index is 2810. The Hall–Kier alpha value is -8.22. The van der Waals surface area contributed by atoms with Crippen molar-refractivity contribution in [3.63, 3.8) is 0 Å². The maximum atomic E-state index is 6.79. The second kappa shape index (κ2) is 15.2. The Morgan fingerprint density at radius 1 is 0.262 bits per heavy atom. The Morgan fingerprint density at radius 3 is 0.869 bits per heavy atom. The topological polar surface area (TPSA) is 31.4 Å². The maximum absolute atomic E-state index is 6.79. The second-order valence-corrected chi connectivity index (χ2v) is 15.0. The van der Waals surface area contributed by atoms with E-state index in [1.54, 1.807) is 0 Å². The van der Waals surface area contributed by atoms with E-state index in [0.29, 0.717) is 11.5 Å². The fourth-order valence-corrected chi connectivity index (χ4v) is 8.56. The fourth-order valence-electron chi connectivity index (χ4n) is 8.56. The van der Waals surface area contributed by atoms with Crippen molar-refractivity contribution in [1.82, 2.24) is 0 Å². The van der Waals surface area contributed by atoms with Gasteiger partial charge >= 0.3 is 0 Å². The summed E-state index contributed by atoms with van der Waals surface area (Å²) < 4.78 is 13.6. The normalized spacial score (nSPS) is 12.5. The van der Waals surface area contributed by atoms with Crippen LogP contribution in [0.15, 0.2) is 224 Å². The van der Waals surface area contributed by atoms with Crippen molar-refractivity contribution >= 4 is 68.2 Å². The predicted octanol–water partition coefficient (Wildman–Crippen LogP) is 16.1. The molecule has 9 aromatic carbocycles. The molecule has 0 saturated carbocycles. The Morgan fingerprint density at radius 2 is 0.541 bits per heavy atom. The molecule has 0 fully saturated rings. The first-order chi connectivity index (χ1) is 30.2. The second-order valence-electron chi connectivity index (χ2n) is 15.0. The standard InChI is InChI=1S/C55H40N4O2/c1-39-54(60-44-33-35-50-52(37-44)58(42-23-10-4-11-24-42)48-29-16-14-27-46(48)56(50)40-19-6-2-7-20-40)31-18-32-55(39)61-45-34-36-51-53(38-45)59(43-25-12-5-13-26-43)49-30-17-15-28-47(49)57(51)41-21-8-3-9-22-41/h2-38H,1H3. The van der Waals surface area contributed by atoms with Crippen molar-refractivity contribution in [2.45, 2.75) is 6.92 Å². The number of hydrogen-bond donors (Lipinski definition) is 0. The van der Waals surface area contributed by atoms with Gasteiger partial charge in [-0.2, -0.15) is 0 Å². The first-order valence-electron chi connectivity index (χ1n) is 20.5. The largest absolute Gasteiger partial charge is 0.457 e. The summed E-state index contributed by atoms with van der Waals surface area (Å²) in [6.45, 7) is 2.05. The number of hydrogen-bond acceptors (Lipinski definition) is 6. The van der Waals surface area contributed by atoms with Crippen molar-refractivity contribution in [3.8, 4) is 23.0 Å². The van der Waals surface area contributed by atoms with Crippen LogP contribution in [-0.4, -0.2) is 0 Å². The van der Waals surface area contributed by atoms with Crippen molar-refractivity contribution in [3.05, 3.63) is 230 Å². The zero-order chi connectivity index (χ0) is 40.7. The molecule has 0 aliphatic carbocycles. The van der Waals surface area contributed by atoms with E-state index < -0.39 is 0 Å². The SMILES string of the molecule is Cc1c(Oc2ccc3c(c2)N(c2ccccc2)c2ccccc2N3c2ccccc2)cccc1Oc1ccc2c(c1)N(c1ccccc1)c1ccccc1N2c1ccccc1. The Balaban J connectivity index is 0.960. The van der Waals surface area contributed by atoms with Crippen LogP contribution in [0, 0.1) is 6.92 Å². The highest BCUT2D eigenvalue weighted by molar-refractivity contribution is 6.03. The van der Waals surface area contributed by atoms with Gasteiger partial charge in [-0.05, 0) is 116 Å². The molecule has 0 N–H and O–H groups in total. The summed E-state index contributed by atoms with van der Waals surface area (Å²) in [5.41, 5.74) is 13.7. The van der Waals surface area contributed by atoms with Gasteiger partial charge < -0.3 is 29.1 Å². The van der Waals surface area contributed by atoms with E-state index in [4.69, 9.17) is 9.47 Å². The molecule has 2 heterocycles. The van der Waals surface area contributed by atoms with Gasteiger partial charge in [0.25, 0.3) is 0 Å². The molecule has 2 aliphatic heterocycles. The van der Waals surface area contributed by atoms with Crippen LogP contribution in [0.25, 0.3) is 0 Å². The van der Waals surface area contributed by atoms with Crippen LogP contribution in [0.3, 0.4) is 0 Å². The monoisotopic (exact) mass is 788 g/mol. The van der Waals surface area contributed by atoms with Gasteiger partial charge in [0, 0.05) is 40.4 Å². The van der Waals surface area contributed by atoms with Crippen molar-refractivity contribution in [2.75, 3.05) is 19.6 Å². The van der Waals surface area contributed by atoms with Crippen LogP contribution in [-0.2, 0) is 0 Å². The lowest BCUT2D eigenvalue weighted by Gasteiger charge is -2.40. The van der Waals surface area contributed by atoms with E-state index in [1.807, 2.05) is 18.2 Å². The number of benzene rings is 9. The van der Waals surface area contributed by atoms with Gasteiger partial charge in [0.05, 0.1) is 45.5 Å². The summed E-state index contributed by atoms with van der Waals surface area (Å²) in [7, 11) is 0. The third-order valence-corrected chi connectivity index (χ3v) is 11.3. The number of para-hydroxylation sites is 8. The number of anilines is 12. The number of nitrogens with zero attached hydrogens (tertiary/aromatic N) is 4. The molecule has 11 rings (SSSR count). The van der Waals surface area contributed by atoms with Crippen LogP contribution in [0.2, 0.25) is 0 Å². The minimum Gasteiger partial charge on any atom is -0.457 e.